The number of aryl methyl sites for hydroxylation is 1. The van der Waals surface area contributed by atoms with Crippen LogP contribution >= 0.6 is 54.8 Å². The van der Waals surface area contributed by atoms with Crippen molar-refractivity contribution in [3.8, 4) is 0 Å². The lowest BCUT2D eigenvalue weighted by Gasteiger charge is -2.10. The van der Waals surface area contributed by atoms with Gasteiger partial charge in [-0.15, -0.1) is 22.9 Å². The molecule has 0 bridgehead atoms. The van der Waals surface area contributed by atoms with Crippen LogP contribution in [0.5, 0.6) is 0 Å². The molecule has 0 aliphatic rings. The van der Waals surface area contributed by atoms with Crippen molar-refractivity contribution < 1.29 is 4.39 Å². The zero-order valence-corrected chi connectivity index (χ0v) is 13.6. The first-order valence-electron chi connectivity index (χ1n) is 4.84. The van der Waals surface area contributed by atoms with Crippen LogP contribution in [-0.2, 0) is 0 Å². The van der Waals surface area contributed by atoms with Gasteiger partial charge in [0.25, 0.3) is 0 Å². The predicted molar refractivity (Wildman–Crippen MR) is 78.6 cm³/mol. The van der Waals surface area contributed by atoms with Crippen molar-refractivity contribution in [1.29, 1.82) is 0 Å². The molecule has 90 valence electrons. The van der Waals surface area contributed by atoms with Crippen molar-refractivity contribution in [2.75, 3.05) is 0 Å². The molecule has 1 unspecified atom stereocenters. The third kappa shape index (κ3) is 2.75. The maximum atomic E-state index is 13.4. The molecule has 1 atom stereocenters. The molecule has 0 spiro atoms. The molecule has 17 heavy (non-hydrogen) atoms. The summed E-state index contributed by atoms with van der Waals surface area (Å²) in [5.74, 6) is -0.291. The van der Waals surface area contributed by atoms with E-state index >= 15 is 0 Å². The van der Waals surface area contributed by atoms with Gasteiger partial charge in [0.1, 0.15) is 5.82 Å². The van der Waals surface area contributed by atoms with E-state index in [1.807, 2.05) is 19.1 Å². The van der Waals surface area contributed by atoms with Crippen LogP contribution in [-0.4, -0.2) is 0 Å². The van der Waals surface area contributed by atoms with Crippen molar-refractivity contribution in [3.05, 3.63) is 54.3 Å². The summed E-state index contributed by atoms with van der Waals surface area (Å²) in [4.78, 5) is 1.00. The Bertz CT molecular complexity index is 534. The number of hydrogen-bond acceptors (Lipinski definition) is 1. The van der Waals surface area contributed by atoms with Crippen molar-refractivity contribution in [3.63, 3.8) is 0 Å². The van der Waals surface area contributed by atoms with E-state index in [4.69, 9.17) is 11.6 Å². The summed E-state index contributed by atoms with van der Waals surface area (Å²) in [7, 11) is 0. The second-order valence-electron chi connectivity index (χ2n) is 3.61. The SMILES string of the molecule is Cc1cc(C(Cl)c2cccc(F)c2Br)sc1Br. The van der Waals surface area contributed by atoms with Crippen LogP contribution in [0.2, 0.25) is 0 Å². The number of thiophene rings is 1. The zero-order chi connectivity index (χ0) is 12.6. The molecular formula is C12H8Br2ClFS. The maximum Gasteiger partial charge on any atom is 0.137 e. The lowest BCUT2D eigenvalue weighted by molar-refractivity contribution is 0.618. The summed E-state index contributed by atoms with van der Waals surface area (Å²) >= 11 is 14.7. The van der Waals surface area contributed by atoms with Crippen LogP contribution in [0.15, 0.2) is 32.5 Å². The number of halogens is 4. The van der Waals surface area contributed by atoms with E-state index in [2.05, 4.69) is 31.9 Å². The van der Waals surface area contributed by atoms with E-state index < -0.39 is 0 Å². The summed E-state index contributed by atoms with van der Waals surface area (Å²) < 4.78 is 14.9. The molecule has 2 rings (SSSR count). The van der Waals surface area contributed by atoms with Crippen LogP contribution in [0.1, 0.15) is 21.4 Å². The van der Waals surface area contributed by atoms with Gasteiger partial charge in [0.05, 0.1) is 13.6 Å². The van der Waals surface area contributed by atoms with Crippen molar-refractivity contribution in [1.82, 2.24) is 0 Å². The Labute approximate surface area is 125 Å². The fraction of sp³-hybridized carbons (Fsp3) is 0.167. The molecule has 0 saturated carbocycles. The first-order chi connectivity index (χ1) is 8.00. The maximum absolute atomic E-state index is 13.4. The molecule has 1 heterocycles. The fourth-order valence-corrected chi connectivity index (χ4v) is 4.05. The minimum Gasteiger partial charge on any atom is -0.206 e. The third-order valence-electron chi connectivity index (χ3n) is 2.38. The Morgan fingerprint density at radius 3 is 2.65 bits per heavy atom. The van der Waals surface area contributed by atoms with Gasteiger partial charge in [-0.25, -0.2) is 4.39 Å². The molecule has 0 saturated heterocycles. The molecule has 2 aromatic rings. The van der Waals surface area contributed by atoms with Gasteiger partial charge in [-0.1, -0.05) is 12.1 Å². The summed E-state index contributed by atoms with van der Waals surface area (Å²) in [5.41, 5.74) is 1.89. The van der Waals surface area contributed by atoms with E-state index in [1.54, 1.807) is 17.4 Å². The molecule has 0 amide bonds. The highest BCUT2D eigenvalue weighted by molar-refractivity contribution is 9.11. The minimum atomic E-state index is -0.338. The molecule has 0 N–H and O–H groups in total. The quantitative estimate of drug-likeness (QED) is 0.540. The molecule has 5 heteroatoms. The average Bonchev–Trinajstić information content (AvgIpc) is 2.62. The van der Waals surface area contributed by atoms with Gasteiger partial charge < -0.3 is 0 Å². The molecule has 1 aromatic carbocycles. The smallest absolute Gasteiger partial charge is 0.137 e. The first kappa shape index (κ1) is 13.5. The zero-order valence-electron chi connectivity index (χ0n) is 8.81. The monoisotopic (exact) mass is 396 g/mol. The van der Waals surface area contributed by atoms with Crippen LogP contribution in [0.3, 0.4) is 0 Å². The highest BCUT2D eigenvalue weighted by Crippen LogP contribution is 2.40. The van der Waals surface area contributed by atoms with Crippen LogP contribution in [0.25, 0.3) is 0 Å². The molecular weight excluding hydrogens is 390 g/mol. The number of alkyl halides is 1. The predicted octanol–water partition coefficient (Wildman–Crippen LogP) is 6.05. The van der Waals surface area contributed by atoms with E-state index in [9.17, 15) is 4.39 Å². The Balaban J connectivity index is 2.43. The molecule has 0 nitrogen and oxygen atoms in total. The largest absolute Gasteiger partial charge is 0.206 e. The van der Waals surface area contributed by atoms with Gasteiger partial charge >= 0.3 is 0 Å². The van der Waals surface area contributed by atoms with Gasteiger partial charge in [0, 0.05) is 4.88 Å². The number of benzene rings is 1. The Hall–Kier alpha value is 0.1000. The average molecular weight is 399 g/mol. The Morgan fingerprint density at radius 2 is 2.06 bits per heavy atom. The summed E-state index contributed by atoms with van der Waals surface area (Å²) in [6, 6.07) is 6.92. The van der Waals surface area contributed by atoms with Crippen LogP contribution in [0.4, 0.5) is 4.39 Å². The van der Waals surface area contributed by atoms with Gasteiger partial charge in [0.15, 0.2) is 0 Å². The number of rotatable bonds is 2. The van der Waals surface area contributed by atoms with E-state index in [0.29, 0.717) is 4.47 Å². The van der Waals surface area contributed by atoms with E-state index in [1.165, 1.54) is 6.07 Å². The molecule has 0 fully saturated rings. The second kappa shape index (κ2) is 5.39. The summed E-state index contributed by atoms with van der Waals surface area (Å²) in [6.45, 7) is 2.01. The Morgan fingerprint density at radius 1 is 1.35 bits per heavy atom. The molecule has 0 aliphatic carbocycles. The van der Waals surface area contributed by atoms with Crippen LogP contribution in [0, 0.1) is 12.7 Å². The lowest BCUT2D eigenvalue weighted by Crippen LogP contribution is -1.93. The fourth-order valence-electron chi connectivity index (χ4n) is 1.48. The van der Waals surface area contributed by atoms with Gasteiger partial charge in [-0.2, -0.15) is 0 Å². The standard InChI is InChI=1S/C12H8Br2ClFS/c1-6-5-9(17-12(6)14)11(15)7-3-2-4-8(16)10(7)13/h2-5,11H,1H3. The van der Waals surface area contributed by atoms with Gasteiger partial charge in [0.2, 0.25) is 0 Å². The van der Waals surface area contributed by atoms with Crippen molar-refractivity contribution >= 4 is 54.8 Å². The molecule has 1 aromatic heterocycles. The van der Waals surface area contributed by atoms with E-state index in [0.717, 1.165) is 19.8 Å². The summed E-state index contributed by atoms with van der Waals surface area (Å²) in [6.07, 6.45) is 0. The van der Waals surface area contributed by atoms with Gasteiger partial charge in [-0.3, -0.25) is 0 Å². The van der Waals surface area contributed by atoms with Crippen LogP contribution < -0.4 is 0 Å². The van der Waals surface area contributed by atoms with E-state index in [-0.39, 0.29) is 11.2 Å². The highest BCUT2D eigenvalue weighted by Gasteiger charge is 2.18. The number of hydrogen-bond donors (Lipinski definition) is 0. The van der Waals surface area contributed by atoms with Gasteiger partial charge in [-0.05, 0) is 62.0 Å². The first-order valence-corrected chi connectivity index (χ1v) is 7.68. The summed E-state index contributed by atoms with van der Waals surface area (Å²) in [5, 5.41) is -0.338. The van der Waals surface area contributed by atoms with Crippen molar-refractivity contribution in [2.24, 2.45) is 0 Å². The molecule has 0 radical (unpaired) electrons. The molecule has 0 aliphatic heterocycles. The lowest BCUT2D eigenvalue weighted by atomic mass is 10.1. The minimum absolute atomic E-state index is 0.291. The highest BCUT2D eigenvalue weighted by atomic mass is 79.9. The van der Waals surface area contributed by atoms with Crippen molar-refractivity contribution in [2.45, 2.75) is 12.3 Å². The Kier molecular flexibility index (Phi) is 4.29. The normalized spacial score (nSPS) is 12.8. The second-order valence-corrected chi connectivity index (χ2v) is 7.24. The third-order valence-corrected chi connectivity index (χ3v) is 6.02. The topological polar surface area (TPSA) is 0 Å².